The molecule has 1 aliphatic rings. The van der Waals surface area contributed by atoms with Gasteiger partial charge in [0.25, 0.3) is 10.8 Å². The molecule has 18 heavy (non-hydrogen) atoms. The number of hydrogen-bond acceptors (Lipinski definition) is 2. The van der Waals surface area contributed by atoms with E-state index in [9.17, 15) is 9.59 Å². The number of aromatic nitrogens is 1. The second-order valence-electron chi connectivity index (χ2n) is 5.21. The summed E-state index contributed by atoms with van der Waals surface area (Å²) < 4.78 is 1.80. The van der Waals surface area contributed by atoms with E-state index < -0.39 is 5.24 Å². The Morgan fingerprint density at radius 2 is 1.94 bits per heavy atom. The van der Waals surface area contributed by atoms with Crippen LogP contribution in [0.4, 0.5) is 0 Å². The monoisotopic (exact) mass is 267 g/mol. The van der Waals surface area contributed by atoms with Gasteiger partial charge < -0.3 is 4.57 Å². The number of rotatable bonds is 3. The van der Waals surface area contributed by atoms with Gasteiger partial charge in [0.15, 0.2) is 0 Å². The molecule has 0 aromatic carbocycles. The number of hydrogen-bond donors (Lipinski definition) is 0. The van der Waals surface area contributed by atoms with E-state index in [0.717, 1.165) is 31.4 Å². The molecular formula is C14H18ClNO2. The summed E-state index contributed by atoms with van der Waals surface area (Å²) in [5.41, 5.74) is 0.856. The summed E-state index contributed by atoms with van der Waals surface area (Å²) >= 11 is 5.47. The molecule has 1 saturated carbocycles. The van der Waals surface area contributed by atoms with Gasteiger partial charge in [-0.3, -0.25) is 9.59 Å². The van der Waals surface area contributed by atoms with Gasteiger partial charge in [-0.2, -0.15) is 0 Å². The van der Waals surface area contributed by atoms with Crippen LogP contribution in [0.5, 0.6) is 0 Å². The van der Waals surface area contributed by atoms with Gasteiger partial charge in [0.1, 0.15) is 0 Å². The molecule has 0 radical (unpaired) electrons. The van der Waals surface area contributed by atoms with Crippen molar-refractivity contribution in [1.29, 1.82) is 0 Å². The van der Waals surface area contributed by atoms with E-state index in [1.165, 1.54) is 0 Å². The molecule has 3 nitrogen and oxygen atoms in total. The summed E-state index contributed by atoms with van der Waals surface area (Å²) in [7, 11) is 0. The van der Waals surface area contributed by atoms with Gasteiger partial charge in [0.2, 0.25) is 0 Å². The van der Waals surface area contributed by atoms with Gasteiger partial charge in [-0.1, -0.05) is 26.7 Å². The van der Waals surface area contributed by atoms with Crippen LogP contribution in [-0.2, 0) is 0 Å². The van der Waals surface area contributed by atoms with Crippen LogP contribution in [0.25, 0.3) is 0 Å². The molecule has 0 unspecified atom stereocenters. The maximum absolute atomic E-state index is 12.4. The third-order valence-electron chi connectivity index (χ3n) is 3.64. The largest absolute Gasteiger partial charge is 0.309 e. The van der Waals surface area contributed by atoms with Crippen LogP contribution in [0.15, 0.2) is 16.9 Å². The Morgan fingerprint density at radius 1 is 1.33 bits per heavy atom. The minimum Gasteiger partial charge on any atom is -0.309 e. The molecule has 0 saturated heterocycles. The van der Waals surface area contributed by atoms with Crippen molar-refractivity contribution in [1.82, 2.24) is 4.57 Å². The summed E-state index contributed by atoms with van der Waals surface area (Å²) in [5, 5.41) is -0.665. The highest BCUT2D eigenvalue weighted by Gasteiger charge is 2.23. The van der Waals surface area contributed by atoms with Crippen LogP contribution in [0.2, 0.25) is 0 Å². The van der Waals surface area contributed by atoms with E-state index in [1.54, 1.807) is 10.6 Å². The zero-order chi connectivity index (χ0) is 13.3. The van der Waals surface area contributed by atoms with Crippen LogP contribution in [-0.4, -0.2) is 9.81 Å². The Bertz CT molecular complexity index is 513. The molecule has 0 aliphatic heterocycles. The lowest BCUT2D eigenvalue weighted by Crippen LogP contribution is -2.30. The van der Waals surface area contributed by atoms with E-state index >= 15 is 0 Å². The van der Waals surface area contributed by atoms with E-state index in [1.807, 2.05) is 6.07 Å². The fraction of sp³-hybridized carbons (Fsp3) is 0.571. The number of carbonyl (C=O) groups is 1. The minimum absolute atomic E-state index is 0.0907. The molecule has 4 heteroatoms. The first-order chi connectivity index (χ1) is 8.52. The Balaban J connectivity index is 2.60. The lowest BCUT2D eigenvalue weighted by molar-refractivity contribution is 0.107. The predicted molar refractivity (Wildman–Crippen MR) is 72.5 cm³/mol. The SMILES string of the molecule is CC(C)c1ccc(C(=O)Cl)c(=O)n1C1CCCC1. The molecule has 2 rings (SSSR count). The Labute approximate surface area is 112 Å². The van der Waals surface area contributed by atoms with Gasteiger partial charge in [0.05, 0.1) is 5.56 Å². The fourth-order valence-corrected chi connectivity index (χ4v) is 2.87. The Hall–Kier alpha value is -1.09. The first kappa shape index (κ1) is 13.3. The van der Waals surface area contributed by atoms with Crippen molar-refractivity contribution in [3.05, 3.63) is 33.7 Å². The average molecular weight is 268 g/mol. The van der Waals surface area contributed by atoms with Crippen LogP contribution in [0, 0.1) is 0 Å². The average Bonchev–Trinajstić information content (AvgIpc) is 2.80. The number of pyridine rings is 1. The van der Waals surface area contributed by atoms with Gasteiger partial charge >= 0.3 is 0 Å². The Morgan fingerprint density at radius 3 is 2.44 bits per heavy atom. The first-order valence-corrected chi connectivity index (χ1v) is 6.85. The predicted octanol–water partition coefficient (Wildman–Crippen LogP) is 3.47. The zero-order valence-corrected chi connectivity index (χ0v) is 11.5. The maximum Gasteiger partial charge on any atom is 0.263 e. The third kappa shape index (κ3) is 2.37. The van der Waals surface area contributed by atoms with E-state index in [4.69, 9.17) is 11.6 Å². The summed E-state index contributed by atoms with van der Waals surface area (Å²) in [6.45, 7) is 4.12. The van der Waals surface area contributed by atoms with E-state index in [0.29, 0.717) is 0 Å². The number of nitrogens with zero attached hydrogens (tertiary/aromatic N) is 1. The molecule has 1 aromatic rings. The molecule has 0 bridgehead atoms. The lowest BCUT2D eigenvalue weighted by Gasteiger charge is -2.21. The van der Waals surface area contributed by atoms with Crippen molar-refractivity contribution in [3.8, 4) is 0 Å². The topological polar surface area (TPSA) is 39.1 Å². The Kier molecular flexibility index (Phi) is 3.91. The van der Waals surface area contributed by atoms with Crippen molar-refractivity contribution in [2.24, 2.45) is 0 Å². The molecule has 1 aliphatic carbocycles. The first-order valence-electron chi connectivity index (χ1n) is 6.47. The minimum atomic E-state index is -0.665. The van der Waals surface area contributed by atoms with Gasteiger partial charge in [-0.05, 0) is 42.5 Å². The van der Waals surface area contributed by atoms with Crippen LogP contribution in [0.1, 0.15) is 67.5 Å². The van der Waals surface area contributed by atoms with Crippen molar-refractivity contribution in [3.63, 3.8) is 0 Å². The highest BCUT2D eigenvalue weighted by molar-refractivity contribution is 6.67. The van der Waals surface area contributed by atoms with E-state index in [-0.39, 0.29) is 23.1 Å². The summed E-state index contributed by atoms with van der Waals surface area (Å²) in [4.78, 5) is 23.6. The number of halogens is 1. The number of carbonyl (C=O) groups excluding carboxylic acids is 1. The van der Waals surface area contributed by atoms with Gasteiger partial charge in [0, 0.05) is 11.7 Å². The standard InChI is InChI=1S/C14H18ClNO2/c1-9(2)12-8-7-11(13(15)17)14(18)16(12)10-5-3-4-6-10/h7-10H,3-6H2,1-2H3. The zero-order valence-electron chi connectivity index (χ0n) is 10.8. The summed E-state index contributed by atoms with van der Waals surface area (Å²) in [6.07, 6.45) is 4.32. The fourth-order valence-electron chi connectivity index (χ4n) is 2.73. The second kappa shape index (κ2) is 5.27. The molecule has 0 atom stereocenters. The van der Waals surface area contributed by atoms with Crippen LogP contribution in [0.3, 0.4) is 0 Å². The quantitative estimate of drug-likeness (QED) is 0.787. The summed E-state index contributed by atoms with van der Waals surface area (Å²) in [5.74, 6) is 0.262. The second-order valence-corrected chi connectivity index (χ2v) is 5.56. The van der Waals surface area contributed by atoms with E-state index in [2.05, 4.69) is 13.8 Å². The molecule has 1 fully saturated rings. The molecule has 1 aromatic heterocycles. The smallest absolute Gasteiger partial charge is 0.263 e. The normalized spacial score (nSPS) is 16.4. The lowest BCUT2D eigenvalue weighted by atomic mass is 10.1. The molecular weight excluding hydrogens is 250 g/mol. The molecule has 0 N–H and O–H groups in total. The molecule has 98 valence electrons. The molecule has 0 amide bonds. The highest BCUT2D eigenvalue weighted by atomic mass is 35.5. The van der Waals surface area contributed by atoms with Crippen molar-refractivity contribution in [2.45, 2.75) is 51.5 Å². The van der Waals surface area contributed by atoms with Crippen molar-refractivity contribution in [2.75, 3.05) is 0 Å². The maximum atomic E-state index is 12.4. The van der Waals surface area contributed by atoms with Gasteiger partial charge in [-0.25, -0.2) is 0 Å². The van der Waals surface area contributed by atoms with Crippen LogP contribution >= 0.6 is 11.6 Å². The van der Waals surface area contributed by atoms with Crippen molar-refractivity contribution >= 4 is 16.8 Å². The highest BCUT2D eigenvalue weighted by Crippen LogP contribution is 2.31. The third-order valence-corrected chi connectivity index (χ3v) is 3.84. The van der Waals surface area contributed by atoms with Crippen molar-refractivity contribution < 1.29 is 4.79 Å². The van der Waals surface area contributed by atoms with Crippen LogP contribution < -0.4 is 5.56 Å². The summed E-state index contributed by atoms with van der Waals surface area (Å²) in [6, 6.07) is 3.64. The molecule has 1 heterocycles. The molecule has 0 spiro atoms. The van der Waals surface area contributed by atoms with Gasteiger partial charge in [-0.15, -0.1) is 0 Å².